The van der Waals surface area contributed by atoms with Gasteiger partial charge in [0.15, 0.2) is 0 Å². The minimum Gasteiger partial charge on any atom is -0.446 e. The van der Waals surface area contributed by atoms with Crippen LogP contribution in [-0.4, -0.2) is 26.7 Å². The summed E-state index contributed by atoms with van der Waals surface area (Å²) in [5.74, 6) is -0.175. The maximum Gasteiger partial charge on any atom is 0.269 e. The van der Waals surface area contributed by atoms with Crippen LogP contribution in [0, 0.1) is 10.1 Å². The third-order valence-corrected chi connectivity index (χ3v) is 4.57. The normalized spacial score (nSPS) is 16.0. The van der Waals surface area contributed by atoms with Gasteiger partial charge in [-0.2, -0.15) is 5.01 Å². The summed E-state index contributed by atoms with van der Waals surface area (Å²) in [5.41, 5.74) is 1.67. The minimum absolute atomic E-state index is 0.0518. The number of hydrogen-bond acceptors (Lipinski definition) is 6. The minimum atomic E-state index is -0.882. The molecule has 1 aliphatic rings. The van der Waals surface area contributed by atoms with E-state index in [1.165, 1.54) is 36.2 Å². The van der Waals surface area contributed by atoms with E-state index in [1.807, 2.05) is 24.3 Å². The van der Waals surface area contributed by atoms with Gasteiger partial charge in [-0.05, 0) is 24.3 Å². The van der Waals surface area contributed by atoms with Crippen molar-refractivity contribution in [3.63, 3.8) is 0 Å². The summed E-state index contributed by atoms with van der Waals surface area (Å²) in [6.07, 6.45) is -0.882. The maximum atomic E-state index is 12.1. The lowest BCUT2D eigenvalue weighted by atomic mass is 10.1. The molecule has 8 nitrogen and oxygen atoms in total. The van der Waals surface area contributed by atoms with Crippen LogP contribution in [0.5, 0.6) is 0 Å². The Balaban J connectivity index is 1.72. The van der Waals surface area contributed by atoms with Crippen LogP contribution >= 0.6 is 11.6 Å². The Bertz CT molecular complexity index is 1130. The number of hydrogen-bond donors (Lipinski definition) is 0. The molecule has 4 rings (SSSR count). The number of aromatic nitrogens is 1. The Kier molecular flexibility index (Phi) is 4.40. The molecule has 0 N–H and O–H groups in total. The molecule has 1 aromatic heterocycles. The number of para-hydroxylation sites is 1. The molecule has 140 valence electrons. The summed E-state index contributed by atoms with van der Waals surface area (Å²) in [5, 5.41) is 17.3. The molecule has 0 saturated carbocycles. The first-order chi connectivity index (χ1) is 13.4. The molecule has 0 fully saturated rings. The van der Waals surface area contributed by atoms with Gasteiger partial charge in [0.2, 0.25) is 18.0 Å². The van der Waals surface area contributed by atoms with Crippen molar-refractivity contribution in [1.82, 2.24) is 9.99 Å². The summed E-state index contributed by atoms with van der Waals surface area (Å²) in [4.78, 5) is 26.8. The first-order valence-electron chi connectivity index (χ1n) is 8.29. The maximum absolute atomic E-state index is 12.1. The molecule has 2 heterocycles. The molecule has 2 aromatic carbocycles. The standard InChI is InChI=1S/C19H13ClN4O4/c1-11(25)23-19(15-10-13-4-2-3-5-16(13)21-17(15)20)28-18(22-23)12-6-8-14(9-7-12)24(26)27/h2-10,19H,1H3/t19-/m1/s1. The number of fused-ring (bicyclic) bond motifs is 1. The number of carbonyl (C=O) groups excluding carboxylic acids is 1. The Morgan fingerprint density at radius 3 is 2.61 bits per heavy atom. The Morgan fingerprint density at radius 2 is 1.93 bits per heavy atom. The van der Waals surface area contributed by atoms with Crippen LogP contribution in [0.15, 0.2) is 59.7 Å². The molecule has 9 heteroatoms. The van der Waals surface area contributed by atoms with Crippen LogP contribution in [0.3, 0.4) is 0 Å². The van der Waals surface area contributed by atoms with Crippen molar-refractivity contribution >= 4 is 40.0 Å². The average molecular weight is 397 g/mol. The van der Waals surface area contributed by atoms with Crippen LogP contribution in [0.25, 0.3) is 10.9 Å². The molecule has 3 aromatic rings. The monoisotopic (exact) mass is 396 g/mol. The fourth-order valence-electron chi connectivity index (χ4n) is 2.89. The summed E-state index contributed by atoms with van der Waals surface area (Å²) in [7, 11) is 0. The van der Waals surface area contributed by atoms with Gasteiger partial charge in [-0.1, -0.05) is 29.8 Å². The number of nitro benzene ring substituents is 1. The SMILES string of the molecule is CC(=O)N1N=C(c2ccc([N+](=O)[O-])cc2)O[C@@H]1c1cc2ccccc2nc1Cl. The van der Waals surface area contributed by atoms with Crippen molar-refractivity contribution in [2.45, 2.75) is 13.2 Å². The van der Waals surface area contributed by atoms with Gasteiger partial charge in [0.1, 0.15) is 5.15 Å². The van der Waals surface area contributed by atoms with Gasteiger partial charge < -0.3 is 4.74 Å². The lowest BCUT2D eigenvalue weighted by molar-refractivity contribution is -0.384. The second kappa shape index (κ2) is 6.90. The molecule has 28 heavy (non-hydrogen) atoms. The first-order valence-corrected chi connectivity index (χ1v) is 8.67. The Labute approximate surface area is 164 Å². The molecule has 1 amide bonds. The quantitative estimate of drug-likeness (QED) is 0.378. The number of non-ortho nitro benzene ring substituents is 1. The second-order valence-corrected chi connectivity index (χ2v) is 6.46. The lowest BCUT2D eigenvalue weighted by Gasteiger charge is -2.20. The van der Waals surface area contributed by atoms with Crippen LogP contribution in [0.4, 0.5) is 5.69 Å². The van der Waals surface area contributed by atoms with Gasteiger partial charge in [0.25, 0.3) is 5.69 Å². The van der Waals surface area contributed by atoms with Gasteiger partial charge in [-0.15, -0.1) is 5.10 Å². The zero-order valence-electron chi connectivity index (χ0n) is 14.6. The molecule has 0 bridgehead atoms. The fourth-order valence-corrected chi connectivity index (χ4v) is 3.13. The number of amides is 1. The molecule has 0 saturated heterocycles. The van der Waals surface area contributed by atoms with Crippen molar-refractivity contribution in [2.24, 2.45) is 5.10 Å². The number of ether oxygens (including phenoxy) is 1. The number of nitrogens with zero attached hydrogens (tertiary/aromatic N) is 4. The van der Waals surface area contributed by atoms with Crippen molar-refractivity contribution in [3.8, 4) is 0 Å². The van der Waals surface area contributed by atoms with Crippen LogP contribution in [0.1, 0.15) is 24.3 Å². The molecule has 1 atom stereocenters. The highest BCUT2D eigenvalue weighted by Crippen LogP contribution is 2.35. The topological polar surface area (TPSA) is 97.9 Å². The van der Waals surface area contributed by atoms with E-state index in [0.29, 0.717) is 11.1 Å². The molecule has 0 spiro atoms. The van der Waals surface area contributed by atoms with Crippen LogP contribution in [0.2, 0.25) is 5.15 Å². The molecule has 0 radical (unpaired) electrons. The van der Waals surface area contributed by atoms with Gasteiger partial charge >= 0.3 is 0 Å². The van der Waals surface area contributed by atoms with E-state index in [4.69, 9.17) is 16.3 Å². The smallest absolute Gasteiger partial charge is 0.269 e. The predicted octanol–water partition coefficient (Wildman–Crippen LogP) is 4.04. The zero-order valence-corrected chi connectivity index (χ0v) is 15.3. The number of hydrazone groups is 1. The third-order valence-electron chi connectivity index (χ3n) is 4.26. The van der Waals surface area contributed by atoms with E-state index in [2.05, 4.69) is 10.1 Å². The molecular formula is C19H13ClN4O4. The molecular weight excluding hydrogens is 384 g/mol. The van der Waals surface area contributed by atoms with E-state index in [0.717, 1.165) is 10.9 Å². The van der Waals surface area contributed by atoms with Crippen molar-refractivity contribution in [1.29, 1.82) is 0 Å². The number of pyridine rings is 1. The van der Waals surface area contributed by atoms with E-state index >= 15 is 0 Å². The van der Waals surface area contributed by atoms with Gasteiger partial charge in [-0.3, -0.25) is 14.9 Å². The zero-order chi connectivity index (χ0) is 19.8. The number of rotatable bonds is 3. The van der Waals surface area contributed by atoms with E-state index in [-0.39, 0.29) is 22.6 Å². The Hall–Kier alpha value is -3.52. The number of benzene rings is 2. The predicted molar refractivity (Wildman–Crippen MR) is 103 cm³/mol. The van der Waals surface area contributed by atoms with Gasteiger partial charge in [0.05, 0.1) is 16.0 Å². The van der Waals surface area contributed by atoms with E-state index in [9.17, 15) is 14.9 Å². The van der Waals surface area contributed by atoms with Crippen molar-refractivity contribution in [3.05, 3.63) is 81.0 Å². The summed E-state index contributed by atoms with van der Waals surface area (Å²) >= 11 is 6.35. The second-order valence-electron chi connectivity index (χ2n) is 6.10. The van der Waals surface area contributed by atoms with Gasteiger partial charge in [-0.25, -0.2) is 4.98 Å². The van der Waals surface area contributed by atoms with Crippen molar-refractivity contribution < 1.29 is 14.5 Å². The Morgan fingerprint density at radius 1 is 1.21 bits per heavy atom. The first kappa shape index (κ1) is 17.9. The van der Waals surface area contributed by atoms with Gasteiger partial charge in [0, 0.05) is 30.0 Å². The largest absolute Gasteiger partial charge is 0.446 e. The third kappa shape index (κ3) is 3.14. The highest BCUT2D eigenvalue weighted by atomic mass is 35.5. The average Bonchev–Trinajstić information content (AvgIpc) is 3.13. The number of carbonyl (C=O) groups is 1. The molecule has 0 unspecified atom stereocenters. The highest BCUT2D eigenvalue weighted by molar-refractivity contribution is 6.30. The van der Waals surface area contributed by atoms with Crippen LogP contribution < -0.4 is 0 Å². The summed E-state index contributed by atoms with van der Waals surface area (Å²) in [6.45, 7) is 1.36. The number of halogens is 1. The highest BCUT2D eigenvalue weighted by Gasteiger charge is 2.35. The lowest BCUT2D eigenvalue weighted by Crippen LogP contribution is -2.25. The molecule has 1 aliphatic heterocycles. The van der Waals surface area contributed by atoms with Crippen LogP contribution in [-0.2, 0) is 9.53 Å². The molecule has 0 aliphatic carbocycles. The summed E-state index contributed by atoms with van der Waals surface area (Å²) in [6, 6.07) is 15.0. The fraction of sp³-hybridized carbons (Fsp3) is 0.105. The van der Waals surface area contributed by atoms with E-state index < -0.39 is 11.2 Å². The summed E-state index contributed by atoms with van der Waals surface area (Å²) < 4.78 is 5.90. The van der Waals surface area contributed by atoms with Crippen molar-refractivity contribution in [2.75, 3.05) is 0 Å². The van der Waals surface area contributed by atoms with E-state index in [1.54, 1.807) is 6.07 Å². The number of nitro groups is 1.